The second-order valence-electron chi connectivity index (χ2n) is 4.21. The maximum absolute atomic E-state index is 10.6. The van der Waals surface area contributed by atoms with Gasteiger partial charge in [-0.25, -0.2) is 0 Å². The van der Waals surface area contributed by atoms with Crippen LogP contribution in [0.4, 0.5) is 0 Å². The van der Waals surface area contributed by atoms with E-state index in [1.165, 1.54) is 5.56 Å². The van der Waals surface area contributed by atoms with E-state index in [0.29, 0.717) is 11.7 Å². The molecule has 0 amide bonds. The molecule has 0 unspecified atom stereocenters. The van der Waals surface area contributed by atoms with Crippen molar-refractivity contribution in [3.63, 3.8) is 0 Å². The predicted molar refractivity (Wildman–Crippen MR) is 76.3 cm³/mol. The third kappa shape index (κ3) is 2.60. The van der Waals surface area contributed by atoms with Crippen molar-refractivity contribution in [2.75, 3.05) is 0 Å². The van der Waals surface area contributed by atoms with Gasteiger partial charge in [-0.3, -0.25) is 4.79 Å². The Labute approximate surface area is 114 Å². The third-order valence-corrected chi connectivity index (χ3v) is 3.56. The van der Waals surface area contributed by atoms with Gasteiger partial charge in [-0.1, -0.05) is 19.9 Å². The van der Waals surface area contributed by atoms with E-state index >= 15 is 0 Å². The topological polar surface area (TPSA) is 30.2 Å². The number of rotatable bonds is 3. The van der Waals surface area contributed by atoms with E-state index in [1.54, 1.807) is 6.07 Å². The lowest BCUT2D eigenvalue weighted by molar-refractivity contribution is 0.110. The Kier molecular flexibility index (Phi) is 3.66. The Morgan fingerprint density at radius 2 is 2.00 bits per heavy atom. The summed E-state index contributed by atoms with van der Waals surface area (Å²) in [6, 6.07) is 9.82. The maximum Gasteiger partial charge on any atom is 0.185 e. The molecule has 0 fully saturated rings. The number of hydrogen-bond donors (Lipinski definition) is 0. The first-order chi connectivity index (χ1) is 8.11. The minimum absolute atomic E-state index is 0.365. The van der Waals surface area contributed by atoms with Gasteiger partial charge in [0.05, 0.1) is 0 Å². The fourth-order valence-electron chi connectivity index (χ4n) is 1.65. The van der Waals surface area contributed by atoms with Crippen LogP contribution in [-0.4, -0.2) is 6.29 Å². The zero-order valence-corrected chi connectivity index (χ0v) is 11.9. The minimum atomic E-state index is 0.365. The molecule has 2 rings (SSSR count). The van der Waals surface area contributed by atoms with Gasteiger partial charge >= 0.3 is 0 Å². The average molecular weight is 340 g/mol. The van der Waals surface area contributed by atoms with Crippen molar-refractivity contribution in [2.45, 2.75) is 19.8 Å². The summed E-state index contributed by atoms with van der Waals surface area (Å²) in [5.41, 5.74) is 2.34. The molecule has 1 heterocycles. The molecule has 3 heteroatoms. The van der Waals surface area contributed by atoms with E-state index in [1.807, 2.05) is 12.1 Å². The highest BCUT2D eigenvalue weighted by Crippen LogP contribution is 2.29. The van der Waals surface area contributed by atoms with E-state index in [9.17, 15) is 4.79 Å². The van der Waals surface area contributed by atoms with Gasteiger partial charge in [-0.05, 0) is 58.3 Å². The number of hydrogen-bond acceptors (Lipinski definition) is 2. The highest BCUT2D eigenvalue weighted by Gasteiger charge is 2.09. The van der Waals surface area contributed by atoms with E-state index in [0.717, 1.165) is 21.2 Å². The third-order valence-electron chi connectivity index (χ3n) is 2.67. The lowest BCUT2D eigenvalue weighted by atomic mass is 10.0. The van der Waals surface area contributed by atoms with Gasteiger partial charge < -0.3 is 4.42 Å². The molecule has 0 radical (unpaired) electrons. The molecular formula is C14H13IO2. The van der Waals surface area contributed by atoms with Crippen molar-refractivity contribution in [1.82, 2.24) is 0 Å². The summed E-state index contributed by atoms with van der Waals surface area (Å²) in [6.07, 6.45) is 0.721. The Balaban J connectivity index is 2.42. The SMILES string of the molecule is CC(C)c1ccc(-c2ccc(C=O)o2)c(I)c1. The molecule has 0 atom stereocenters. The van der Waals surface area contributed by atoms with Crippen LogP contribution in [-0.2, 0) is 0 Å². The Morgan fingerprint density at radius 3 is 2.53 bits per heavy atom. The van der Waals surface area contributed by atoms with Gasteiger partial charge in [0, 0.05) is 9.13 Å². The highest BCUT2D eigenvalue weighted by molar-refractivity contribution is 14.1. The Hall–Kier alpha value is -1.10. The van der Waals surface area contributed by atoms with Gasteiger partial charge in [0.1, 0.15) is 5.76 Å². The number of furan rings is 1. The molecule has 1 aromatic heterocycles. The number of carbonyl (C=O) groups excluding carboxylic acids is 1. The molecule has 1 aromatic carbocycles. The van der Waals surface area contributed by atoms with Crippen LogP contribution in [0.5, 0.6) is 0 Å². The maximum atomic E-state index is 10.6. The van der Waals surface area contributed by atoms with Crippen LogP contribution in [0, 0.1) is 3.57 Å². The molecule has 88 valence electrons. The molecule has 2 aromatic rings. The summed E-state index contributed by atoms with van der Waals surface area (Å²) in [5, 5.41) is 0. The number of carbonyl (C=O) groups is 1. The summed E-state index contributed by atoms with van der Waals surface area (Å²) >= 11 is 2.30. The summed E-state index contributed by atoms with van der Waals surface area (Å²) in [7, 11) is 0. The first-order valence-corrected chi connectivity index (χ1v) is 6.54. The standard InChI is InChI=1S/C14H13IO2/c1-9(2)10-3-5-12(13(15)7-10)14-6-4-11(8-16)17-14/h3-9H,1-2H3. The minimum Gasteiger partial charge on any atom is -0.453 e. The Bertz CT molecular complexity index is 541. The molecule has 0 saturated heterocycles. The zero-order valence-electron chi connectivity index (χ0n) is 9.74. The van der Waals surface area contributed by atoms with Crippen LogP contribution in [0.1, 0.15) is 35.9 Å². The fraction of sp³-hybridized carbons (Fsp3) is 0.214. The van der Waals surface area contributed by atoms with Crippen molar-refractivity contribution in [3.05, 3.63) is 45.2 Å². The van der Waals surface area contributed by atoms with Crippen LogP contribution in [0.25, 0.3) is 11.3 Å². The molecular weight excluding hydrogens is 327 g/mol. The lowest BCUT2D eigenvalue weighted by Crippen LogP contribution is -1.89. The highest BCUT2D eigenvalue weighted by atomic mass is 127. The quantitative estimate of drug-likeness (QED) is 0.609. The normalized spacial score (nSPS) is 10.8. The van der Waals surface area contributed by atoms with E-state index in [4.69, 9.17) is 4.42 Å². The first kappa shape index (κ1) is 12.4. The summed E-state index contributed by atoms with van der Waals surface area (Å²) in [4.78, 5) is 10.6. The van der Waals surface area contributed by atoms with Crippen molar-refractivity contribution in [3.8, 4) is 11.3 Å². The molecule has 2 nitrogen and oxygen atoms in total. The van der Waals surface area contributed by atoms with E-state index < -0.39 is 0 Å². The van der Waals surface area contributed by atoms with Gasteiger partial charge in [-0.2, -0.15) is 0 Å². The number of aldehydes is 1. The molecule has 0 N–H and O–H groups in total. The summed E-state index contributed by atoms with van der Waals surface area (Å²) < 4.78 is 6.57. The van der Waals surface area contributed by atoms with Gasteiger partial charge in [0.25, 0.3) is 0 Å². The van der Waals surface area contributed by atoms with Crippen LogP contribution in [0.3, 0.4) is 0 Å². The first-order valence-electron chi connectivity index (χ1n) is 5.46. The monoisotopic (exact) mass is 340 g/mol. The Morgan fingerprint density at radius 1 is 1.24 bits per heavy atom. The fourth-order valence-corrected chi connectivity index (χ4v) is 2.46. The number of halogens is 1. The smallest absolute Gasteiger partial charge is 0.185 e. The molecule has 0 aliphatic rings. The van der Waals surface area contributed by atoms with Gasteiger partial charge in [0.2, 0.25) is 0 Å². The van der Waals surface area contributed by atoms with Gasteiger partial charge in [-0.15, -0.1) is 0 Å². The van der Waals surface area contributed by atoms with Crippen LogP contribution in [0.15, 0.2) is 34.7 Å². The van der Waals surface area contributed by atoms with Crippen molar-refractivity contribution in [1.29, 1.82) is 0 Å². The largest absolute Gasteiger partial charge is 0.453 e. The predicted octanol–water partition coefficient (Wildman–Crippen LogP) is 4.49. The van der Waals surface area contributed by atoms with Crippen molar-refractivity contribution < 1.29 is 9.21 Å². The summed E-state index contributed by atoms with van der Waals surface area (Å²) in [5.74, 6) is 1.62. The molecule has 0 saturated carbocycles. The van der Waals surface area contributed by atoms with Crippen LogP contribution >= 0.6 is 22.6 Å². The molecule has 17 heavy (non-hydrogen) atoms. The van der Waals surface area contributed by atoms with Crippen LogP contribution in [0.2, 0.25) is 0 Å². The number of benzene rings is 1. The second kappa shape index (κ2) is 5.04. The zero-order chi connectivity index (χ0) is 12.4. The molecule has 0 aliphatic carbocycles. The van der Waals surface area contributed by atoms with Crippen LogP contribution < -0.4 is 0 Å². The van der Waals surface area contributed by atoms with Gasteiger partial charge in [0.15, 0.2) is 12.0 Å². The lowest BCUT2D eigenvalue weighted by Gasteiger charge is -2.08. The van der Waals surface area contributed by atoms with E-state index in [-0.39, 0.29) is 0 Å². The van der Waals surface area contributed by atoms with Crippen molar-refractivity contribution in [2.24, 2.45) is 0 Å². The van der Waals surface area contributed by atoms with E-state index in [2.05, 4.69) is 48.6 Å². The molecule has 0 bridgehead atoms. The molecule has 0 spiro atoms. The second-order valence-corrected chi connectivity index (χ2v) is 5.38. The summed E-state index contributed by atoms with van der Waals surface area (Å²) in [6.45, 7) is 4.34. The average Bonchev–Trinajstić information content (AvgIpc) is 2.77. The van der Waals surface area contributed by atoms with Crippen molar-refractivity contribution >= 4 is 28.9 Å². The molecule has 0 aliphatic heterocycles.